The molecular formula is C18H16N2O3. The average molecular weight is 308 g/mol. The summed E-state index contributed by atoms with van der Waals surface area (Å²) in [5.41, 5.74) is 2.27. The summed E-state index contributed by atoms with van der Waals surface area (Å²) in [6.45, 7) is 1.79. The van der Waals surface area contributed by atoms with E-state index in [1.165, 1.54) is 0 Å². The minimum atomic E-state index is -0.985. The van der Waals surface area contributed by atoms with Gasteiger partial charge in [0.05, 0.1) is 5.56 Å². The molecule has 0 saturated heterocycles. The van der Waals surface area contributed by atoms with Crippen LogP contribution in [0.1, 0.15) is 16.1 Å². The van der Waals surface area contributed by atoms with Gasteiger partial charge < -0.3 is 15.0 Å². The normalized spacial score (nSPS) is 10.7. The summed E-state index contributed by atoms with van der Waals surface area (Å²) in [7, 11) is 0. The monoisotopic (exact) mass is 308 g/mol. The number of nitrogens with one attached hydrogen (secondary N) is 1. The van der Waals surface area contributed by atoms with E-state index in [9.17, 15) is 14.7 Å². The first-order chi connectivity index (χ1) is 11.1. The van der Waals surface area contributed by atoms with Gasteiger partial charge in [-0.15, -0.1) is 0 Å². The van der Waals surface area contributed by atoms with Crippen molar-refractivity contribution in [2.45, 2.75) is 13.5 Å². The number of aromatic nitrogens is 1. The zero-order valence-corrected chi connectivity index (χ0v) is 12.6. The number of nitrogens with zero attached hydrogens (tertiary/aromatic N) is 1. The Kier molecular flexibility index (Phi) is 3.85. The van der Waals surface area contributed by atoms with Crippen molar-refractivity contribution in [3.63, 3.8) is 0 Å². The van der Waals surface area contributed by atoms with Gasteiger partial charge in [-0.2, -0.15) is 0 Å². The minimum Gasteiger partial charge on any atom is -0.478 e. The summed E-state index contributed by atoms with van der Waals surface area (Å²) < 4.78 is 1.73. The van der Waals surface area contributed by atoms with E-state index in [2.05, 4.69) is 5.32 Å². The average Bonchev–Trinajstić information content (AvgIpc) is 2.81. The Morgan fingerprint density at radius 2 is 1.70 bits per heavy atom. The van der Waals surface area contributed by atoms with Gasteiger partial charge in [-0.3, -0.25) is 4.79 Å². The second kappa shape index (κ2) is 5.96. The summed E-state index contributed by atoms with van der Waals surface area (Å²) in [4.78, 5) is 23.8. The Hall–Kier alpha value is -3.08. The zero-order chi connectivity index (χ0) is 16.4. The summed E-state index contributed by atoms with van der Waals surface area (Å²) in [5, 5.41) is 12.9. The number of aromatic carboxylic acids is 1. The molecule has 23 heavy (non-hydrogen) atoms. The fourth-order valence-corrected chi connectivity index (χ4v) is 2.77. The standard InChI is InChI=1S/C18H16N2O3/c1-12-17(18(22)23)14-9-5-6-10-15(14)20(12)11-16(21)19-13-7-3-2-4-8-13/h2-10H,11H2,1H3,(H,19,21)(H,22,23). The van der Waals surface area contributed by atoms with Crippen LogP contribution in [0.25, 0.3) is 10.9 Å². The highest BCUT2D eigenvalue weighted by atomic mass is 16.4. The molecule has 5 nitrogen and oxygen atoms in total. The molecule has 1 aromatic heterocycles. The zero-order valence-electron chi connectivity index (χ0n) is 12.6. The van der Waals surface area contributed by atoms with Crippen molar-refractivity contribution in [1.29, 1.82) is 0 Å². The Morgan fingerprint density at radius 3 is 2.39 bits per heavy atom. The lowest BCUT2D eigenvalue weighted by atomic mass is 10.1. The first kappa shape index (κ1) is 14.8. The van der Waals surface area contributed by atoms with E-state index in [0.29, 0.717) is 16.8 Å². The highest BCUT2D eigenvalue weighted by Crippen LogP contribution is 2.25. The molecule has 0 bridgehead atoms. The van der Waals surface area contributed by atoms with Gasteiger partial charge in [0.15, 0.2) is 0 Å². The molecule has 3 aromatic rings. The fourth-order valence-electron chi connectivity index (χ4n) is 2.77. The molecule has 5 heteroatoms. The Morgan fingerprint density at radius 1 is 1.04 bits per heavy atom. The molecule has 2 N–H and O–H groups in total. The molecule has 3 rings (SSSR count). The van der Waals surface area contributed by atoms with Gasteiger partial charge in [0.25, 0.3) is 0 Å². The molecule has 0 spiro atoms. The van der Waals surface area contributed by atoms with Gasteiger partial charge in [-0.05, 0) is 25.1 Å². The maximum absolute atomic E-state index is 12.3. The second-order valence-corrected chi connectivity index (χ2v) is 5.28. The van der Waals surface area contributed by atoms with Crippen LogP contribution in [0.5, 0.6) is 0 Å². The number of para-hydroxylation sites is 2. The molecule has 0 unspecified atom stereocenters. The third kappa shape index (κ3) is 2.81. The molecule has 1 heterocycles. The number of rotatable bonds is 4. The van der Waals surface area contributed by atoms with Crippen molar-refractivity contribution in [2.75, 3.05) is 5.32 Å². The number of benzene rings is 2. The number of carbonyl (C=O) groups excluding carboxylic acids is 1. The van der Waals surface area contributed by atoms with Crippen LogP contribution >= 0.6 is 0 Å². The number of fused-ring (bicyclic) bond motifs is 1. The molecule has 0 aliphatic carbocycles. The Labute approximate surface area is 133 Å². The van der Waals surface area contributed by atoms with Crippen LogP contribution in [0, 0.1) is 6.92 Å². The van der Waals surface area contributed by atoms with Crippen LogP contribution in [0.2, 0.25) is 0 Å². The van der Waals surface area contributed by atoms with E-state index in [1.807, 2.05) is 30.3 Å². The van der Waals surface area contributed by atoms with Crippen LogP contribution < -0.4 is 5.32 Å². The van der Waals surface area contributed by atoms with Crippen LogP contribution in [-0.4, -0.2) is 21.6 Å². The number of carboxylic acids is 1. The number of hydrogen-bond acceptors (Lipinski definition) is 2. The van der Waals surface area contributed by atoms with E-state index >= 15 is 0 Å². The quantitative estimate of drug-likeness (QED) is 0.777. The van der Waals surface area contributed by atoms with Crippen LogP contribution in [0.15, 0.2) is 54.6 Å². The maximum atomic E-state index is 12.3. The van der Waals surface area contributed by atoms with Gasteiger partial charge in [0.2, 0.25) is 5.91 Å². The largest absolute Gasteiger partial charge is 0.478 e. The van der Waals surface area contributed by atoms with Crippen molar-refractivity contribution in [2.24, 2.45) is 0 Å². The summed E-state index contributed by atoms with van der Waals surface area (Å²) in [6.07, 6.45) is 0. The molecule has 0 saturated carbocycles. The van der Waals surface area contributed by atoms with Crippen molar-refractivity contribution in [3.8, 4) is 0 Å². The SMILES string of the molecule is Cc1c(C(=O)O)c2ccccc2n1CC(=O)Nc1ccccc1. The van der Waals surface area contributed by atoms with E-state index in [1.54, 1.807) is 35.8 Å². The molecule has 0 fully saturated rings. The van der Waals surface area contributed by atoms with E-state index in [-0.39, 0.29) is 18.0 Å². The summed E-state index contributed by atoms with van der Waals surface area (Å²) in [5.74, 6) is -1.18. The van der Waals surface area contributed by atoms with Crippen LogP contribution in [0.3, 0.4) is 0 Å². The third-order valence-electron chi connectivity index (χ3n) is 3.80. The second-order valence-electron chi connectivity index (χ2n) is 5.28. The Balaban J connectivity index is 1.95. The number of anilines is 1. The summed E-state index contributed by atoms with van der Waals surface area (Å²) in [6, 6.07) is 16.4. The molecule has 0 aliphatic heterocycles. The molecular weight excluding hydrogens is 292 g/mol. The number of hydrogen-bond donors (Lipinski definition) is 2. The number of carboxylic acid groups (broad SMARTS) is 1. The van der Waals surface area contributed by atoms with Crippen molar-refractivity contribution in [3.05, 3.63) is 65.9 Å². The lowest BCUT2D eigenvalue weighted by Crippen LogP contribution is -2.19. The first-order valence-corrected chi connectivity index (χ1v) is 7.24. The van der Waals surface area contributed by atoms with Gasteiger partial charge in [0.1, 0.15) is 6.54 Å². The van der Waals surface area contributed by atoms with E-state index in [4.69, 9.17) is 0 Å². The third-order valence-corrected chi connectivity index (χ3v) is 3.80. The van der Waals surface area contributed by atoms with Crippen molar-refractivity contribution < 1.29 is 14.7 Å². The number of carbonyl (C=O) groups is 2. The topological polar surface area (TPSA) is 71.3 Å². The molecule has 0 radical (unpaired) electrons. The van der Waals surface area contributed by atoms with Crippen molar-refractivity contribution in [1.82, 2.24) is 4.57 Å². The highest BCUT2D eigenvalue weighted by molar-refractivity contribution is 6.05. The minimum absolute atomic E-state index is 0.0640. The van der Waals surface area contributed by atoms with E-state index < -0.39 is 5.97 Å². The highest BCUT2D eigenvalue weighted by Gasteiger charge is 2.20. The van der Waals surface area contributed by atoms with E-state index in [0.717, 1.165) is 5.52 Å². The van der Waals surface area contributed by atoms with Gasteiger partial charge in [0, 0.05) is 22.3 Å². The van der Waals surface area contributed by atoms with Crippen LogP contribution in [-0.2, 0) is 11.3 Å². The van der Waals surface area contributed by atoms with Gasteiger partial charge in [-0.25, -0.2) is 4.79 Å². The smallest absolute Gasteiger partial charge is 0.338 e. The lowest BCUT2D eigenvalue weighted by molar-refractivity contribution is -0.116. The lowest BCUT2D eigenvalue weighted by Gasteiger charge is -2.09. The summed E-state index contributed by atoms with van der Waals surface area (Å²) >= 11 is 0. The molecule has 1 amide bonds. The number of amides is 1. The van der Waals surface area contributed by atoms with Crippen LogP contribution in [0.4, 0.5) is 5.69 Å². The van der Waals surface area contributed by atoms with Crippen molar-refractivity contribution >= 4 is 28.5 Å². The maximum Gasteiger partial charge on any atom is 0.338 e. The molecule has 0 atom stereocenters. The van der Waals surface area contributed by atoms with Gasteiger partial charge >= 0.3 is 5.97 Å². The fraction of sp³-hybridized carbons (Fsp3) is 0.111. The predicted octanol–water partition coefficient (Wildman–Crippen LogP) is 3.29. The molecule has 0 aliphatic rings. The molecule has 2 aromatic carbocycles. The first-order valence-electron chi connectivity index (χ1n) is 7.24. The predicted molar refractivity (Wildman–Crippen MR) is 88.7 cm³/mol. The van der Waals surface area contributed by atoms with Gasteiger partial charge in [-0.1, -0.05) is 36.4 Å². The Bertz CT molecular complexity index is 882. The molecule has 116 valence electrons.